The molecule has 2 aliphatic rings. The van der Waals surface area contributed by atoms with E-state index >= 15 is 0 Å². The molecule has 2 aromatic rings. The molecule has 7 heteroatoms. The second-order valence-electron chi connectivity index (χ2n) is 7.70. The standard InChI is InChI=1S/C21H25FN4O2/c22-17-6-5-15-10-14(3-4-16(15)11-17)12-24-21(28)26(18-7-8-18)19-2-1-9-25(13-19)20(23)27/h3-6,10-11,18-19H,1-2,7-9,12-13H2,(H2,23,27)(H,24,28)/t19-/m1/s1. The van der Waals surface area contributed by atoms with Gasteiger partial charge >= 0.3 is 12.1 Å². The summed E-state index contributed by atoms with van der Waals surface area (Å²) in [6.45, 7) is 1.56. The monoisotopic (exact) mass is 384 g/mol. The molecule has 28 heavy (non-hydrogen) atoms. The Bertz CT molecular complexity index is 899. The fraction of sp³-hybridized carbons (Fsp3) is 0.429. The van der Waals surface area contributed by atoms with Crippen molar-refractivity contribution in [3.63, 3.8) is 0 Å². The summed E-state index contributed by atoms with van der Waals surface area (Å²) >= 11 is 0. The van der Waals surface area contributed by atoms with Crippen LogP contribution in [-0.2, 0) is 6.54 Å². The third-order valence-corrected chi connectivity index (χ3v) is 5.59. The Kier molecular flexibility index (Phi) is 5.07. The largest absolute Gasteiger partial charge is 0.351 e. The van der Waals surface area contributed by atoms with Gasteiger partial charge in [0.05, 0.1) is 6.04 Å². The van der Waals surface area contributed by atoms with Crippen LogP contribution in [0.1, 0.15) is 31.2 Å². The van der Waals surface area contributed by atoms with Gasteiger partial charge in [-0.05, 0) is 60.2 Å². The molecule has 4 amide bonds. The molecule has 148 valence electrons. The minimum atomic E-state index is -0.423. The molecule has 0 bridgehead atoms. The smallest absolute Gasteiger partial charge is 0.318 e. The average Bonchev–Trinajstić information content (AvgIpc) is 3.51. The van der Waals surface area contributed by atoms with Crippen molar-refractivity contribution in [1.29, 1.82) is 0 Å². The lowest BCUT2D eigenvalue weighted by molar-refractivity contribution is 0.118. The van der Waals surface area contributed by atoms with Crippen LogP contribution in [0.4, 0.5) is 14.0 Å². The number of carbonyl (C=O) groups is 2. The highest BCUT2D eigenvalue weighted by Crippen LogP contribution is 2.31. The van der Waals surface area contributed by atoms with E-state index in [0.29, 0.717) is 19.6 Å². The molecule has 0 radical (unpaired) electrons. The summed E-state index contributed by atoms with van der Waals surface area (Å²) in [7, 11) is 0. The van der Waals surface area contributed by atoms with E-state index in [9.17, 15) is 14.0 Å². The molecule has 2 aromatic carbocycles. The van der Waals surface area contributed by atoms with Crippen molar-refractivity contribution >= 4 is 22.8 Å². The molecule has 1 heterocycles. The van der Waals surface area contributed by atoms with Crippen LogP contribution in [0.15, 0.2) is 36.4 Å². The van der Waals surface area contributed by atoms with Crippen LogP contribution in [0.25, 0.3) is 10.8 Å². The van der Waals surface area contributed by atoms with Gasteiger partial charge in [-0.2, -0.15) is 0 Å². The van der Waals surface area contributed by atoms with E-state index in [2.05, 4.69) is 5.32 Å². The second-order valence-corrected chi connectivity index (χ2v) is 7.70. The maximum absolute atomic E-state index is 13.3. The normalized spacial score (nSPS) is 19.5. The van der Waals surface area contributed by atoms with Crippen LogP contribution in [0.2, 0.25) is 0 Å². The molecular weight excluding hydrogens is 359 g/mol. The number of nitrogens with one attached hydrogen (secondary N) is 1. The Labute approximate surface area is 163 Å². The van der Waals surface area contributed by atoms with Crippen LogP contribution in [0, 0.1) is 5.82 Å². The summed E-state index contributed by atoms with van der Waals surface area (Å²) in [5.41, 5.74) is 6.39. The van der Waals surface area contributed by atoms with Crippen LogP contribution in [0.3, 0.4) is 0 Å². The number of piperidine rings is 1. The number of fused-ring (bicyclic) bond motifs is 1. The summed E-state index contributed by atoms with van der Waals surface area (Å²) in [6, 6.07) is 10.1. The highest BCUT2D eigenvalue weighted by Gasteiger charge is 2.39. The molecule has 3 N–H and O–H groups in total. The molecule has 1 atom stereocenters. The number of likely N-dealkylation sites (tertiary alicyclic amines) is 1. The predicted molar refractivity (Wildman–Crippen MR) is 105 cm³/mol. The summed E-state index contributed by atoms with van der Waals surface area (Å²) in [4.78, 5) is 28.0. The van der Waals surface area contributed by atoms with Crippen LogP contribution >= 0.6 is 0 Å². The first kappa shape index (κ1) is 18.5. The number of amides is 4. The van der Waals surface area contributed by atoms with Crippen LogP contribution in [-0.4, -0.2) is 47.0 Å². The molecule has 6 nitrogen and oxygen atoms in total. The Balaban J connectivity index is 1.42. The second kappa shape index (κ2) is 7.66. The van der Waals surface area contributed by atoms with Gasteiger partial charge in [0, 0.05) is 25.7 Å². The molecule has 1 aliphatic heterocycles. The van der Waals surface area contributed by atoms with E-state index in [-0.39, 0.29) is 23.9 Å². The Morgan fingerprint density at radius 2 is 1.86 bits per heavy atom. The predicted octanol–water partition coefficient (Wildman–Crippen LogP) is 3.20. The molecule has 2 fully saturated rings. The number of benzene rings is 2. The lowest BCUT2D eigenvalue weighted by atomic mass is 10.0. The van der Waals surface area contributed by atoms with Gasteiger partial charge in [0.25, 0.3) is 0 Å². The van der Waals surface area contributed by atoms with E-state index in [1.54, 1.807) is 11.0 Å². The summed E-state index contributed by atoms with van der Waals surface area (Å²) in [6.07, 6.45) is 3.74. The van der Waals surface area contributed by atoms with E-state index in [4.69, 9.17) is 5.73 Å². The minimum Gasteiger partial charge on any atom is -0.351 e. The lowest BCUT2D eigenvalue weighted by Gasteiger charge is -2.39. The number of hydrogen-bond donors (Lipinski definition) is 2. The van der Waals surface area contributed by atoms with Crippen molar-refractivity contribution in [3.8, 4) is 0 Å². The molecule has 1 aliphatic carbocycles. The van der Waals surface area contributed by atoms with Crippen molar-refractivity contribution in [2.24, 2.45) is 5.73 Å². The van der Waals surface area contributed by atoms with E-state index in [1.807, 2.05) is 23.1 Å². The van der Waals surface area contributed by atoms with Crippen LogP contribution in [0.5, 0.6) is 0 Å². The fourth-order valence-electron chi connectivity index (χ4n) is 4.01. The van der Waals surface area contributed by atoms with Crippen molar-refractivity contribution < 1.29 is 14.0 Å². The van der Waals surface area contributed by atoms with E-state index < -0.39 is 6.03 Å². The Hall–Kier alpha value is -2.83. The summed E-state index contributed by atoms with van der Waals surface area (Å²) in [5, 5.41) is 4.79. The van der Waals surface area contributed by atoms with Crippen LogP contribution < -0.4 is 11.1 Å². The first-order chi connectivity index (χ1) is 13.5. The highest BCUT2D eigenvalue weighted by molar-refractivity contribution is 5.83. The maximum atomic E-state index is 13.3. The number of rotatable bonds is 4. The molecule has 4 rings (SSSR count). The van der Waals surface area contributed by atoms with Gasteiger partial charge < -0.3 is 20.9 Å². The first-order valence-corrected chi connectivity index (χ1v) is 9.80. The zero-order valence-corrected chi connectivity index (χ0v) is 15.7. The van der Waals surface area contributed by atoms with Gasteiger partial charge in [-0.25, -0.2) is 14.0 Å². The van der Waals surface area contributed by atoms with Gasteiger partial charge in [0.2, 0.25) is 0 Å². The van der Waals surface area contributed by atoms with Gasteiger partial charge in [0.1, 0.15) is 5.82 Å². The third kappa shape index (κ3) is 4.03. The third-order valence-electron chi connectivity index (χ3n) is 5.59. The number of halogens is 1. The molecule has 1 saturated heterocycles. The van der Waals surface area contributed by atoms with Gasteiger partial charge in [0.15, 0.2) is 0 Å². The first-order valence-electron chi connectivity index (χ1n) is 9.80. The zero-order valence-electron chi connectivity index (χ0n) is 15.7. The van der Waals surface area contributed by atoms with Crippen molar-refractivity contribution in [3.05, 3.63) is 47.8 Å². The Morgan fingerprint density at radius 1 is 1.11 bits per heavy atom. The lowest BCUT2D eigenvalue weighted by Crippen LogP contribution is -2.55. The quantitative estimate of drug-likeness (QED) is 0.849. The number of primary amides is 1. The topological polar surface area (TPSA) is 78.7 Å². The molecule has 0 aromatic heterocycles. The Morgan fingerprint density at radius 3 is 2.61 bits per heavy atom. The van der Waals surface area contributed by atoms with E-state index in [1.165, 1.54) is 12.1 Å². The highest BCUT2D eigenvalue weighted by atomic mass is 19.1. The van der Waals surface area contributed by atoms with Crippen molar-refractivity contribution in [2.75, 3.05) is 13.1 Å². The number of hydrogen-bond acceptors (Lipinski definition) is 2. The molecule has 1 saturated carbocycles. The molecule has 0 unspecified atom stereocenters. The molecular formula is C21H25FN4O2. The summed E-state index contributed by atoms with van der Waals surface area (Å²) < 4.78 is 13.3. The average molecular weight is 384 g/mol. The van der Waals surface area contributed by atoms with Crippen molar-refractivity contribution in [1.82, 2.24) is 15.1 Å². The number of nitrogens with two attached hydrogens (primary N) is 1. The van der Waals surface area contributed by atoms with E-state index in [0.717, 1.165) is 42.0 Å². The number of urea groups is 2. The minimum absolute atomic E-state index is 0.00771. The zero-order chi connectivity index (χ0) is 19.7. The number of nitrogens with zero attached hydrogens (tertiary/aromatic N) is 2. The van der Waals surface area contributed by atoms with Gasteiger partial charge in [-0.3, -0.25) is 0 Å². The summed E-state index contributed by atoms with van der Waals surface area (Å²) in [5.74, 6) is -0.258. The molecule has 0 spiro atoms. The maximum Gasteiger partial charge on any atom is 0.318 e. The van der Waals surface area contributed by atoms with Crippen molar-refractivity contribution in [2.45, 2.75) is 44.3 Å². The van der Waals surface area contributed by atoms with Gasteiger partial charge in [-0.15, -0.1) is 0 Å². The fourth-order valence-corrected chi connectivity index (χ4v) is 4.01. The van der Waals surface area contributed by atoms with Gasteiger partial charge in [-0.1, -0.05) is 18.2 Å². The number of carbonyl (C=O) groups excluding carboxylic acids is 2. The SMILES string of the molecule is NC(=O)N1CCC[C@@H](N(C(=O)NCc2ccc3cc(F)ccc3c2)C2CC2)C1.